The van der Waals surface area contributed by atoms with Gasteiger partial charge in [-0.15, -0.1) is 0 Å². The summed E-state index contributed by atoms with van der Waals surface area (Å²) in [6, 6.07) is 9.04. The maximum Gasteiger partial charge on any atom is 0.171 e. The van der Waals surface area contributed by atoms with Crippen molar-refractivity contribution < 1.29 is 0 Å². The van der Waals surface area contributed by atoms with Gasteiger partial charge in [-0.25, -0.2) is 0 Å². The lowest BCUT2D eigenvalue weighted by Crippen LogP contribution is -2.40. The summed E-state index contributed by atoms with van der Waals surface area (Å²) in [4.78, 5) is 0. The van der Waals surface area contributed by atoms with E-state index >= 15 is 0 Å². The molecular formula is C17H22N2S. The Morgan fingerprint density at radius 1 is 1.15 bits per heavy atom. The topological polar surface area (TPSA) is 24.1 Å². The molecule has 1 aromatic rings. The first-order valence-corrected chi connectivity index (χ1v) is 7.88. The van der Waals surface area contributed by atoms with E-state index in [9.17, 15) is 0 Å². The third-order valence-electron chi connectivity index (χ3n) is 4.43. The molecule has 0 aliphatic heterocycles. The summed E-state index contributed by atoms with van der Waals surface area (Å²) in [6.07, 6.45) is 7.20. The van der Waals surface area contributed by atoms with E-state index in [-0.39, 0.29) is 0 Å². The largest absolute Gasteiger partial charge is 0.359 e. The molecule has 1 aromatic carbocycles. The van der Waals surface area contributed by atoms with Crippen molar-refractivity contribution in [2.75, 3.05) is 5.32 Å². The fraction of sp³-hybridized carbons (Fsp3) is 0.471. The smallest absolute Gasteiger partial charge is 0.171 e. The molecule has 3 heteroatoms. The molecular weight excluding hydrogens is 264 g/mol. The van der Waals surface area contributed by atoms with Crippen LogP contribution in [0.25, 0.3) is 0 Å². The number of nitrogens with one attached hydrogen (secondary N) is 2. The van der Waals surface area contributed by atoms with E-state index in [1.54, 1.807) is 0 Å². The van der Waals surface area contributed by atoms with Gasteiger partial charge < -0.3 is 10.6 Å². The Morgan fingerprint density at radius 3 is 2.45 bits per heavy atom. The number of benzene rings is 1. The van der Waals surface area contributed by atoms with Gasteiger partial charge in [0.05, 0.1) is 0 Å². The van der Waals surface area contributed by atoms with Crippen LogP contribution >= 0.6 is 12.2 Å². The molecule has 0 amide bonds. The number of hydrogen-bond acceptors (Lipinski definition) is 1. The molecule has 1 saturated carbocycles. The summed E-state index contributed by atoms with van der Waals surface area (Å²) in [7, 11) is 0. The molecule has 2 aliphatic rings. The van der Waals surface area contributed by atoms with Crippen LogP contribution in [0, 0.1) is 11.8 Å². The van der Waals surface area contributed by atoms with Crippen LogP contribution in [0.5, 0.6) is 0 Å². The van der Waals surface area contributed by atoms with Gasteiger partial charge in [-0.3, -0.25) is 0 Å². The Morgan fingerprint density at radius 2 is 1.90 bits per heavy atom. The Hall–Kier alpha value is -1.35. The highest BCUT2D eigenvalue weighted by molar-refractivity contribution is 7.80. The van der Waals surface area contributed by atoms with E-state index in [2.05, 4.69) is 60.9 Å². The minimum atomic E-state index is 0.514. The van der Waals surface area contributed by atoms with Crippen molar-refractivity contribution in [2.24, 2.45) is 11.8 Å². The van der Waals surface area contributed by atoms with Crippen LogP contribution in [-0.2, 0) is 0 Å². The molecule has 1 fully saturated rings. The second-order valence-electron chi connectivity index (χ2n) is 6.26. The second-order valence-corrected chi connectivity index (χ2v) is 6.67. The number of hydrogen-bond donors (Lipinski definition) is 2. The highest BCUT2D eigenvalue weighted by atomic mass is 32.1. The number of thiocarbonyl (C=S) groups is 1. The summed E-state index contributed by atoms with van der Waals surface area (Å²) in [6.45, 7) is 4.41. The molecule has 0 saturated heterocycles. The Kier molecular flexibility index (Phi) is 3.79. The molecule has 2 N–H and O–H groups in total. The Labute approximate surface area is 126 Å². The second kappa shape index (κ2) is 5.57. The van der Waals surface area contributed by atoms with Crippen LogP contribution in [0.15, 0.2) is 36.4 Å². The van der Waals surface area contributed by atoms with Gasteiger partial charge in [0.2, 0.25) is 0 Å². The molecule has 2 bridgehead atoms. The highest BCUT2D eigenvalue weighted by Gasteiger charge is 2.35. The van der Waals surface area contributed by atoms with Crippen LogP contribution < -0.4 is 10.6 Å². The van der Waals surface area contributed by atoms with Crippen molar-refractivity contribution >= 4 is 23.0 Å². The molecule has 0 aromatic heterocycles. The Bertz CT molecular complexity index is 518. The van der Waals surface area contributed by atoms with Crippen LogP contribution in [0.2, 0.25) is 0 Å². The first-order chi connectivity index (χ1) is 9.61. The van der Waals surface area contributed by atoms with Crippen molar-refractivity contribution in [3.63, 3.8) is 0 Å². The first kappa shape index (κ1) is 13.6. The molecule has 20 heavy (non-hydrogen) atoms. The van der Waals surface area contributed by atoms with Crippen LogP contribution in [0.3, 0.4) is 0 Å². The average molecular weight is 286 g/mol. The minimum absolute atomic E-state index is 0.514. The molecule has 2 aliphatic carbocycles. The molecule has 0 heterocycles. The summed E-state index contributed by atoms with van der Waals surface area (Å²) in [5.41, 5.74) is 2.42. The Balaban J connectivity index is 1.55. The lowest BCUT2D eigenvalue weighted by atomic mass is 10.0. The molecule has 3 rings (SSSR count). The fourth-order valence-electron chi connectivity index (χ4n) is 3.23. The highest BCUT2D eigenvalue weighted by Crippen LogP contribution is 2.38. The van der Waals surface area contributed by atoms with E-state index in [0.29, 0.717) is 17.9 Å². The average Bonchev–Trinajstić information content (AvgIpc) is 3.01. The van der Waals surface area contributed by atoms with Crippen molar-refractivity contribution in [3.8, 4) is 0 Å². The van der Waals surface area contributed by atoms with Gasteiger partial charge in [0.15, 0.2) is 5.11 Å². The van der Waals surface area contributed by atoms with Crippen molar-refractivity contribution in [1.29, 1.82) is 0 Å². The summed E-state index contributed by atoms with van der Waals surface area (Å²) in [5.74, 6) is 2.00. The predicted molar refractivity (Wildman–Crippen MR) is 89.0 cm³/mol. The van der Waals surface area contributed by atoms with E-state index in [1.807, 2.05) is 0 Å². The van der Waals surface area contributed by atoms with Gasteiger partial charge in [-0.1, -0.05) is 38.1 Å². The molecule has 0 unspecified atom stereocenters. The molecule has 0 radical (unpaired) electrons. The van der Waals surface area contributed by atoms with Crippen LogP contribution in [0.4, 0.5) is 5.69 Å². The zero-order valence-electron chi connectivity index (χ0n) is 12.1. The van der Waals surface area contributed by atoms with Crippen molar-refractivity contribution in [1.82, 2.24) is 5.32 Å². The molecule has 2 nitrogen and oxygen atoms in total. The maximum atomic E-state index is 5.43. The summed E-state index contributed by atoms with van der Waals surface area (Å²) >= 11 is 5.43. The van der Waals surface area contributed by atoms with Gasteiger partial charge in [-0.2, -0.15) is 0 Å². The first-order valence-electron chi connectivity index (χ1n) is 7.47. The van der Waals surface area contributed by atoms with Gasteiger partial charge in [0, 0.05) is 11.7 Å². The molecule has 106 valence electrons. The molecule has 3 atom stereocenters. The normalized spacial score (nSPS) is 27.1. The minimum Gasteiger partial charge on any atom is -0.359 e. The number of anilines is 1. The van der Waals surface area contributed by atoms with Crippen molar-refractivity contribution in [2.45, 2.75) is 38.6 Å². The third-order valence-corrected chi connectivity index (χ3v) is 4.65. The lowest BCUT2D eigenvalue weighted by Gasteiger charge is -2.22. The zero-order chi connectivity index (χ0) is 14.1. The van der Waals surface area contributed by atoms with E-state index in [1.165, 1.54) is 18.4 Å². The fourth-order valence-corrected chi connectivity index (χ4v) is 3.50. The standard InChI is InChI=1S/C17H22N2S/c1-11(2)13-5-7-15(8-6-13)18-17(20)19-16-10-12-3-4-14(16)9-12/h3-8,11-12,14,16H,9-10H2,1-2H3,(H2,18,19,20)/t12-,14+,16-/m1/s1. The van der Waals surface area contributed by atoms with E-state index < -0.39 is 0 Å². The van der Waals surface area contributed by atoms with Crippen LogP contribution in [-0.4, -0.2) is 11.2 Å². The van der Waals surface area contributed by atoms with E-state index in [4.69, 9.17) is 12.2 Å². The number of allylic oxidation sites excluding steroid dienone is 1. The monoisotopic (exact) mass is 286 g/mol. The van der Waals surface area contributed by atoms with Crippen molar-refractivity contribution in [3.05, 3.63) is 42.0 Å². The lowest BCUT2D eigenvalue weighted by molar-refractivity contribution is 0.526. The van der Waals surface area contributed by atoms with E-state index in [0.717, 1.165) is 16.7 Å². The third kappa shape index (κ3) is 2.88. The number of rotatable bonds is 3. The number of fused-ring (bicyclic) bond motifs is 2. The van der Waals surface area contributed by atoms with Gasteiger partial charge in [0.25, 0.3) is 0 Å². The van der Waals surface area contributed by atoms with Gasteiger partial charge >= 0.3 is 0 Å². The van der Waals surface area contributed by atoms with Gasteiger partial charge in [0.1, 0.15) is 0 Å². The van der Waals surface area contributed by atoms with Crippen LogP contribution in [0.1, 0.15) is 38.2 Å². The SMILES string of the molecule is CC(C)c1ccc(NC(=S)N[C@@H]2C[C@@H]3C=C[C@H]2C3)cc1. The van der Waals surface area contributed by atoms with Gasteiger partial charge in [-0.05, 0) is 60.5 Å². The zero-order valence-corrected chi connectivity index (χ0v) is 12.9. The predicted octanol–water partition coefficient (Wildman–Crippen LogP) is 4.06. The summed E-state index contributed by atoms with van der Waals surface area (Å²) < 4.78 is 0. The summed E-state index contributed by atoms with van der Waals surface area (Å²) in [5, 5.41) is 7.50. The maximum absolute atomic E-state index is 5.43. The quantitative estimate of drug-likeness (QED) is 0.647. The molecule has 0 spiro atoms.